The summed E-state index contributed by atoms with van der Waals surface area (Å²) in [6, 6.07) is 10.4. The van der Waals surface area contributed by atoms with Crippen LogP contribution in [0, 0.1) is 15.9 Å². The monoisotopic (exact) mass is 261 g/mol. The van der Waals surface area contributed by atoms with E-state index in [4.69, 9.17) is 4.74 Å². The predicted molar refractivity (Wildman–Crippen MR) is 69.2 cm³/mol. The summed E-state index contributed by atoms with van der Waals surface area (Å²) in [5, 5.41) is 11.1. The summed E-state index contributed by atoms with van der Waals surface area (Å²) in [5.74, 6) is -0.379. The molecule has 0 N–H and O–H groups in total. The van der Waals surface area contributed by atoms with Crippen LogP contribution in [0.5, 0.6) is 0 Å². The summed E-state index contributed by atoms with van der Waals surface area (Å²) in [7, 11) is 1.52. The molecule has 2 aromatic carbocycles. The Bertz CT molecular complexity index is 596. The van der Waals surface area contributed by atoms with Gasteiger partial charge >= 0.3 is 0 Å². The number of methoxy groups -OCH3 is 1. The molecule has 5 heteroatoms. The van der Waals surface area contributed by atoms with E-state index in [1.165, 1.54) is 37.4 Å². The van der Waals surface area contributed by atoms with Gasteiger partial charge < -0.3 is 4.74 Å². The Hall–Kier alpha value is -2.27. The number of nitrogens with zero attached hydrogens (tertiary/aromatic N) is 1. The van der Waals surface area contributed by atoms with E-state index in [2.05, 4.69) is 0 Å². The first-order chi connectivity index (χ1) is 9.13. The average Bonchev–Trinajstić information content (AvgIpc) is 2.40. The van der Waals surface area contributed by atoms with E-state index in [0.717, 1.165) is 0 Å². The van der Waals surface area contributed by atoms with E-state index in [0.29, 0.717) is 16.7 Å². The van der Waals surface area contributed by atoms with Crippen molar-refractivity contribution in [3.8, 4) is 11.1 Å². The molecule has 0 aliphatic rings. The van der Waals surface area contributed by atoms with Crippen molar-refractivity contribution in [3.63, 3.8) is 0 Å². The molecule has 19 heavy (non-hydrogen) atoms. The molecule has 0 radical (unpaired) electrons. The van der Waals surface area contributed by atoms with Gasteiger partial charge in [-0.05, 0) is 23.3 Å². The number of hydrogen-bond acceptors (Lipinski definition) is 3. The fraction of sp³-hybridized carbons (Fsp3) is 0.143. The highest BCUT2D eigenvalue weighted by molar-refractivity contribution is 5.76. The first-order valence-electron chi connectivity index (χ1n) is 5.64. The summed E-state index contributed by atoms with van der Waals surface area (Å²) in [6.45, 7) is 0.258. The van der Waals surface area contributed by atoms with Crippen molar-refractivity contribution in [1.29, 1.82) is 0 Å². The van der Waals surface area contributed by atoms with Gasteiger partial charge in [0.1, 0.15) is 5.82 Å². The second-order valence-corrected chi connectivity index (χ2v) is 4.01. The lowest BCUT2D eigenvalue weighted by atomic mass is 9.98. The molecule has 0 saturated heterocycles. The lowest BCUT2D eigenvalue weighted by Crippen LogP contribution is -1.98. The maximum Gasteiger partial charge on any atom is 0.277 e. The van der Waals surface area contributed by atoms with E-state index < -0.39 is 4.92 Å². The molecule has 0 aromatic heterocycles. The third-order valence-electron chi connectivity index (χ3n) is 2.76. The average molecular weight is 261 g/mol. The number of rotatable bonds is 4. The SMILES string of the molecule is COCc1cccc([N+](=O)[O-])c1-c1ccc(F)cc1. The number of nitro benzene ring substituents is 1. The minimum absolute atomic E-state index is 0.0128. The fourth-order valence-corrected chi connectivity index (χ4v) is 1.96. The molecule has 98 valence electrons. The first-order valence-corrected chi connectivity index (χ1v) is 5.64. The van der Waals surface area contributed by atoms with Crippen molar-refractivity contribution >= 4 is 5.69 Å². The van der Waals surface area contributed by atoms with Crippen molar-refractivity contribution in [3.05, 3.63) is 64.0 Å². The quantitative estimate of drug-likeness (QED) is 0.624. The standard InChI is InChI=1S/C14H12FNO3/c1-19-9-11-3-2-4-13(16(17)18)14(11)10-5-7-12(15)8-6-10/h2-8H,9H2,1H3. The number of halogens is 1. The summed E-state index contributed by atoms with van der Waals surface area (Å²) in [4.78, 5) is 10.7. The van der Waals surface area contributed by atoms with E-state index in [1.807, 2.05) is 0 Å². The lowest BCUT2D eigenvalue weighted by molar-refractivity contribution is -0.384. The van der Waals surface area contributed by atoms with Gasteiger partial charge in [-0.1, -0.05) is 24.3 Å². The normalized spacial score (nSPS) is 10.4. The third-order valence-corrected chi connectivity index (χ3v) is 2.76. The molecule has 0 bridgehead atoms. The largest absolute Gasteiger partial charge is 0.380 e. The summed E-state index contributed by atoms with van der Waals surface area (Å²) >= 11 is 0. The van der Waals surface area contributed by atoms with Crippen LogP contribution in [0.25, 0.3) is 11.1 Å². The molecule has 2 rings (SSSR count). The third kappa shape index (κ3) is 2.77. The minimum atomic E-state index is -0.447. The minimum Gasteiger partial charge on any atom is -0.380 e. The van der Waals surface area contributed by atoms with Crippen LogP contribution in [-0.2, 0) is 11.3 Å². The van der Waals surface area contributed by atoms with Crippen molar-refractivity contribution < 1.29 is 14.1 Å². The molecular weight excluding hydrogens is 249 g/mol. The number of benzene rings is 2. The topological polar surface area (TPSA) is 52.4 Å². The molecule has 0 heterocycles. The molecular formula is C14H12FNO3. The Balaban J connectivity index is 2.63. The van der Waals surface area contributed by atoms with Gasteiger partial charge in [-0.3, -0.25) is 10.1 Å². The highest BCUT2D eigenvalue weighted by Crippen LogP contribution is 2.33. The van der Waals surface area contributed by atoms with Gasteiger partial charge in [0.2, 0.25) is 0 Å². The lowest BCUT2D eigenvalue weighted by Gasteiger charge is -2.09. The Morgan fingerprint density at radius 2 is 1.89 bits per heavy atom. The highest BCUT2D eigenvalue weighted by atomic mass is 19.1. The number of nitro groups is 1. The summed E-state index contributed by atoms with van der Waals surface area (Å²) in [5.41, 5.74) is 1.75. The summed E-state index contributed by atoms with van der Waals surface area (Å²) < 4.78 is 18.0. The second kappa shape index (κ2) is 5.58. The van der Waals surface area contributed by atoms with Gasteiger partial charge in [-0.15, -0.1) is 0 Å². The van der Waals surface area contributed by atoms with E-state index in [9.17, 15) is 14.5 Å². The van der Waals surface area contributed by atoms with Gasteiger partial charge in [0.25, 0.3) is 5.69 Å². The maximum atomic E-state index is 13.0. The smallest absolute Gasteiger partial charge is 0.277 e. The van der Waals surface area contributed by atoms with E-state index >= 15 is 0 Å². The molecule has 0 unspecified atom stereocenters. The van der Waals surface area contributed by atoms with Crippen LogP contribution >= 0.6 is 0 Å². The van der Waals surface area contributed by atoms with Crippen LogP contribution in [0.2, 0.25) is 0 Å². The van der Waals surface area contributed by atoms with Crippen molar-refractivity contribution in [2.75, 3.05) is 7.11 Å². The predicted octanol–water partition coefficient (Wildman–Crippen LogP) is 3.55. The number of ether oxygens (including phenoxy) is 1. The zero-order valence-electron chi connectivity index (χ0n) is 10.3. The fourth-order valence-electron chi connectivity index (χ4n) is 1.96. The van der Waals surface area contributed by atoms with E-state index in [-0.39, 0.29) is 18.1 Å². The van der Waals surface area contributed by atoms with Crippen molar-refractivity contribution in [2.24, 2.45) is 0 Å². The van der Waals surface area contributed by atoms with Crippen LogP contribution < -0.4 is 0 Å². The second-order valence-electron chi connectivity index (χ2n) is 4.01. The molecule has 0 saturated carbocycles. The van der Waals surface area contributed by atoms with Crippen LogP contribution in [0.15, 0.2) is 42.5 Å². The molecule has 0 fully saturated rings. The van der Waals surface area contributed by atoms with Gasteiger partial charge in [-0.25, -0.2) is 4.39 Å². The Kier molecular flexibility index (Phi) is 3.87. The Labute approximate surface area is 109 Å². The molecule has 0 aliphatic carbocycles. The van der Waals surface area contributed by atoms with Crippen LogP contribution in [0.3, 0.4) is 0 Å². The molecule has 0 atom stereocenters. The maximum absolute atomic E-state index is 13.0. The van der Waals surface area contributed by atoms with Crippen LogP contribution in [0.1, 0.15) is 5.56 Å². The van der Waals surface area contributed by atoms with E-state index in [1.54, 1.807) is 12.1 Å². The van der Waals surface area contributed by atoms with Crippen molar-refractivity contribution in [1.82, 2.24) is 0 Å². The molecule has 2 aromatic rings. The van der Waals surface area contributed by atoms with Gasteiger partial charge in [0.05, 0.1) is 17.1 Å². The molecule has 0 aliphatic heterocycles. The Morgan fingerprint density at radius 3 is 2.47 bits per heavy atom. The zero-order valence-corrected chi connectivity index (χ0v) is 10.3. The number of hydrogen-bond donors (Lipinski definition) is 0. The van der Waals surface area contributed by atoms with Crippen LogP contribution in [-0.4, -0.2) is 12.0 Å². The van der Waals surface area contributed by atoms with Gasteiger partial charge in [0.15, 0.2) is 0 Å². The zero-order chi connectivity index (χ0) is 13.8. The molecule has 0 amide bonds. The Morgan fingerprint density at radius 1 is 1.21 bits per heavy atom. The van der Waals surface area contributed by atoms with Crippen molar-refractivity contribution in [2.45, 2.75) is 6.61 Å². The molecule has 4 nitrogen and oxygen atoms in total. The van der Waals surface area contributed by atoms with Gasteiger partial charge in [0, 0.05) is 13.2 Å². The van der Waals surface area contributed by atoms with Crippen LogP contribution in [0.4, 0.5) is 10.1 Å². The summed E-state index contributed by atoms with van der Waals surface area (Å²) in [6.07, 6.45) is 0. The van der Waals surface area contributed by atoms with Gasteiger partial charge in [-0.2, -0.15) is 0 Å². The first kappa shape index (κ1) is 13.2. The molecule has 0 spiro atoms. The highest BCUT2D eigenvalue weighted by Gasteiger charge is 2.18.